The van der Waals surface area contributed by atoms with Crippen LogP contribution in [0, 0.1) is 5.92 Å². The van der Waals surface area contributed by atoms with Crippen LogP contribution in [-0.4, -0.2) is 95.9 Å². The molecule has 1 N–H and O–H groups in total. The topological polar surface area (TPSA) is 59.1 Å². The predicted octanol–water partition coefficient (Wildman–Crippen LogP) is 3.87. The van der Waals surface area contributed by atoms with Crippen LogP contribution in [0.25, 0.3) is 0 Å². The fourth-order valence-corrected chi connectivity index (χ4v) is 7.28. The van der Waals surface area contributed by atoms with E-state index in [1.807, 2.05) is 4.90 Å². The van der Waals surface area contributed by atoms with Crippen LogP contribution >= 0.6 is 0 Å². The first kappa shape index (κ1) is 28.6. The second kappa shape index (κ2) is 13.1. The second-order valence-electron chi connectivity index (χ2n) is 12.8. The number of carbonyl (C=O) groups is 2. The summed E-state index contributed by atoms with van der Waals surface area (Å²) in [5.74, 6) is 0.856. The van der Waals surface area contributed by atoms with Crippen molar-refractivity contribution in [2.45, 2.75) is 95.8 Å². The zero-order chi connectivity index (χ0) is 27.2. The Morgan fingerprint density at radius 1 is 0.846 bits per heavy atom. The lowest BCUT2D eigenvalue weighted by Crippen LogP contribution is -2.73. The van der Waals surface area contributed by atoms with Crippen LogP contribution in [0.5, 0.6) is 0 Å². The van der Waals surface area contributed by atoms with E-state index >= 15 is 0 Å². The molecule has 3 heterocycles. The Bertz CT molecular complexity index is 944. The van der Waals surface area contributed by atoms with Crippen molar-refractivity contribution in [1.29, 1.82) is 0 Å². The number of nitrogens with zero attached hydrogens (tertiary/aromatic N) is 4. The highest BCUT2D eigenvalue weighted by atomic mass is 16.2. The van der Waals surface area contributed by atoms with E-state index in [1.165, 1.54) is 43.2 Å². The van der Waals surface area contributed by atoms with E-state index in [0.29, 0.717) is 12.5 Å². The van der Waals surface area contributed by atoms with Gasteiger partial charge in [-0.25, -0.2) is 0 Å². The number of amides is 2. The second-order valence-corrected chi connectivity index (χ2v) is 12.8. The number of likely N-dealkylation sites (tertiary alicyclic amines) is 1. The largest absolute Gasteiger partial charge is 0.342 e. The smallest absolute Gasteiger partial charge is 0.246 e. The molecule has 216 valence electrons. The number of hydrogen-bond donors (Lipinski definition) is 1. The molecule has 0 aromatic heterocycles. The molecule has 39 heavy (non-hydrogen) atoms. The summed E-state index contributed by atoms with van der Waals surface area (Å²) in [5, 5.41) is 3.23. The van der Waals surface area contributed by atoms with E-state index in [1.54, 1.807) is 0 Å². The molecule has 4 fully saturated rings. The number of benzene rings is 1. The van der Waals surface area contributed by atoms with Gasteiger partial charge < -0.3 is 15.1 Å². The SMILES string of the molecule is CCCCN1C(=O)C(CC2CCCCC2)NC(=O)C12CCN(Cc1ccc(CN3CCN(C)CC3)cc1)CC2. The molecule has 0 bridgehead atoms. The molecule has 3 saturated heterocycles. The van der Waals surface area contributed by atoms with Gasteiger partial charge in [0.15, 0.2) is 0 Å². The van der Waals surface area contributed by atoms with Crippen molar-refractivity contribution in [1.82, 2.24) is 24.9 Å². The maximum absolute atomic E-state index is 13.8. The van der Waals surface area contributed by atoms with E-state index in [-0.39, 0.29) is 17.9 Å². The first-order chi connectivity index (χ1) is 19.0. The number of piperidine rings is 1. The van der Waals surface area contributed by atoms with Crippen molar-refractivity contribution >= 4 is 11.8 Å². The molecule has 1 aliphatic carbocycles. The van der Waals surface area contributed by atoms with Crippen LogP contribution in [-0.2, 0) is 22.7 Å². The quantitative estimate of drug-likeness (QED) is 0.518. The van der Waals surface area contributed by atoms with E-state index in [4.69, 9.17) is 0 Å². The van der Waals surface area contributed by atoms with Crippen LogP contribution in [0.3, 0.4) is 0 Å². The first-order valence-corrected chi connectivity index (χ1v) is 15.8. The molecule has 5 rings (SSSR count). The highest BCUT2D eigenvalue weighted by Crippen LogP contribution is 2.36. The van der Waals surface area contributed by atoms with Crippen molar-refractivity contribution in [3.63, 3.8) is 0 Å². The molecule has 1 saturated carbocycles. The molecule has 1 spiro atoms. The monoisotopic (exact) mass is 537 g/mol. The summed E-state index contributed by atoms with van der Waals surface area (Å²) in [6.07, 6.45) is 10.5. The van der Waals surface area contributed by atoms with Gasteiger partial charge in [-0.05, 0) is 49.8 Å². The van der Waals surface area contributed by atoms with Crippen molar-refractivity contribution < 1.29 is 9.59 Å². The standard InChI is InChI=1S/C32H51N5O2/c1-3-4-16-37-30(38)29(23-26-8-6-5-7-9-26)33-31(39)32(37)14-17-35(18-15-32)24-27-10-12-28(13-11-27)25-36-21-19-34(2)20-22-36/h10-13,26,29H,3-9,14-25H2,1-2H3,(H,33,39). The maximum atomic E-state index is 13.8. The molecule has 1 atom stereocenters. The van der Waals surface area contributed by atoms with Crippen LogP contribution < -0.4 is 5.32 Å². The molecule has 7 heteroatoms. The lowest BCUT2D eigenvalue weighted by Gasteiger charge is -2.52. The third-order valence-electron chi connectivity index (χ3n) is 9.95. The van der Waals surface area contributed by atoms with Gasteiger partial charge >= 0.3 is 0 Å². The molecule has 2 amide bonds. The Morgan fingerprint density at radius 2 is 1.44 bits per heavy atom. The van der Waals surface area contributed by atoms with Gasteiger partial charge in [0.2, 0.25) is 11.8 Å². The van der Waals surface area contributed by atoms with Gasteiger partial charge in [0, 0.05) is 58.9 Å². The predicted molar refractivity (Wildman–Crippen MR) is 156 cm³/mol. The van der Waals surface area contributed by atoms with Gasteiger partial charge in [0.25, 0.3) is 0 Å². The molecule has 4 aliphatic rings. The van der Waals surface area contributed by atoms with E-state index in [2.05, 4.69) is 58.3 Å². The zero-order valence-corrected chi connectivity index (χ0v) is 24.5. The minimum absolute atomic E-state index is 0.104. The summed E-state index contributed by atoms with van der Waals surface area (Å²) in [6.45, 7) is 11.1. The summed E-state index contributed by atoms with van der Waals surface area (Å²) in [4.78, 5) is 36.9. The van der Waals surface area contributed by atoms with Gasteiger partial charge in [0.05, 0.1) is 0 Å². The molecule has 1 aromatic rings. The lowest BCUT2D eigenvalue weighted by atomic mass is 9.79. The Labute approximate surface area is 236 Å². The van der Waals surface area contributed by atoms with Crippen LogP contribution in [0.4, 0.5) is 0 Å². The fourth-order valence-electron chi connectivity index (χ4n) is 7.28. The number of hydrogen-bond acceptors (Lipinski definition) is 5. The minimum atomic E-state index is -0.668. The van der Waals surface area contributed by atoms with Crippen molar-refractivity contribution in [2.24, 2.45) is 5.92 Å². The summed E-state index contributed by atoms with van der Waals surface area (Å²) >= 11 is 0. The summed E-state index contributed by atoms with van der Waals surface area (Å²) in [6, 6.07) is 8.79. The minimum Gasteiger partial charge on any atom is -0.342 e. The Hall–Kier alpha value is -1.96. The highest BCUT2D eigenvalue weighted by Gasteiger charge is 2.53. The van der Waals surface area contributed by atoms with Crippen molar-refractivity contribution in [3.8, 4) is 0 Å². The molecule has 7 nitrogen and oxygen atoms in total. The van der Waals surface area contributed by atoms with Crippen molar-refractivity contribution in [3.05, 3.63) is 35.4 Å². The average Bonchev–Trinajstić information content (AvgIpc) is 2.96. The fraction of sp³-hybridized carbons (Fsp3) is 0.750. The Morgan fingerprint density at radius 3 is 2.03 bits per heavy atom. The maximum Gasteiger partial charge on any atom is 0.246 e. The normalized spacial score (nSPS) is 25.8. The van der Waals surface area contributed by atoms with Crippen LogP contribution in [0.1, 0.15) is 82.3 Å². The Kier molecular flexibility index (Phi) is 9.62. The molecular weight excluding hydrogens is 486 g/mol. The number of piperazine rings is 2. The zero-order valence-electron chi connectivity index (χ0n) is 24.5. The number of carbonyl (C=O) groups excluding carboxylic acids is 2. The molecule has 1 aromatic carbocycles. The molecular formula is C32H51N5O2. The van der Waals surface area contributed by atoms with Gasteiger partial charge in [-0.2, -0.15) is 0 Å². The average molecular weight is 538 g/mol. The first-order valence-electron chi connectivity index (χ1n) is 15.8. The molecule has 0 radical (unpaired) electrons. The molecule has 1 unspecified atom stereocenters. The van der Waals surface area contributed by atoms with E-state index in [0.717, 1.165) is 84.5 Å². The number of likely N-dealkylation sites (N-methyl/N-ethyl adjacent to an activating group) is 1. The third kappa shape index (κ3) is 6.86. The van der Waals surface area contributed by atoms with Gasteiger partial charge in [-0.15, -0.1) is 0 Å². The third-order valence-corrected chi connectivity index (χ3v) is 9.95. The van der Waals surface area contributed by atoms with Crippen LogP contribution in [0.2, 0.25) is 0 Å². The summed E-state index contributed by atoms with van der Waals surface area (Å²) in [5.41, 5.74) is 2.04. The Balaban J connectivity index is 1.17. The number of nitrogens with one attached hydrogen (secondary N) is 1. The number of unbranched alkanes of at least 4 members (excludes halogenated alkanes) is 1. The highest BCUT2D eigenvalue weighted by molar-refractivity contribution is 6.00. The molecule has 3 aliphatic heterocycles. The lowest BCUT2D eigenvalue weighted by molar-refractivity contribution is -0.162. The van der Waals surface area contributed by atoms with Gasteiger partial charge in [0.1, 0.15) is 11.6 Å². The number of rotatable bonds is 9. The summed E-state index contributed by atoms with van der Waals surface area (Å²) in [7, 11) is 2.20. The van der Waals surface area contributed by atoms with E-state index in [9.17, 15) is 9.59 Å². The van der Waals surface area contributed by atoms with Gasteiger partial charge in [-0.3, -0.25) is 19.4 Å². The van der Waals surface area contributed by atoms with Crippen molar-refractivity contribution in [2.75, 3.05) is 52.9 Å². The summed E-state index contributed by atoms with van der Waals surface area (Å²) < 4.78 is 0. The van der Waals surface area contributed by atoms with E-state index < -0.39 is 5.54 Å². The van der Waals surface area contributed by atoms with Crippen LogP contribution in [0.15, 0.2) is 24.3 Å². The van der Waals surface area contributed by atoms with Gasteiger partial charge in [-0.1, -0.05) is 69.7 Å².